The van der Waals surface area contributed by atoms with Crippen LogP contribution in [0.1, 0.15) is 16.1 Å². The summed E-state index contributed by atoms with van der Waals surface area (Å²) in [6.07, 6.45) is 0.876. The molecular weight excluding hydrogens is 334 g/mol. The van der Waals surface area contributed by atoms with Crippen molar-refractivity contribution in [3.05, 3.63) is 46.7 Å². The zero-order valence-electron chi connectivity index (χ0n) is 12.4. The smallest absolute Gasteiger partial charge is 0.265 e. The lowest BCUT2D eigenvalue weighted by molar-refractivity contribution is -0.119. The van der Waals surface area contributed by atoms with Crippen LogP contribution in [0.3, 0.4) is 0 Å². The Morgan fingerprint density at radius 2 is 1.78 bits per heavy atom. The van der Waals surface area contributed by atoms with E-state index in [2.05, 4.69) is 16.0 Å². The summed E-state index contributed by atoms with van der Waals surface area (Å²) in [5.74, 6) is -0.0394. The van der Waals surface area contributed by atoms with Crippen LogP contribution in [0.25, 0.3) is 0 Å². The third-order valence-electron chi connectivity index (χ3n) is 3.59. The second kappa shape index (κ2) is 8.10. The van der Waals surface area contributed by atoms with Crippen molar-refractivity contribution in [2.24, 2.45) is 5.92 Å². The molecule has 0 saturated carbocycles. The average molecular weight is 352 g/mol. The van der Waals surface area contributed by atoms with Crippen LogP contribution >= 0.6 is 23.7 Å². The molecule has 1 saturated heterocycles. The fourth-order valence-electron chi connectivity index (χ4n) is 2.36. The van der Waals surface area contributed by atoms with E-state index in [0.717, 1.165) is 25.2 Å². The minimum atomic E-state index is -0.121. The first-order chi connectivity index (χ1) is 10.7. The molecule has 3 N–H and O–H groups in total. The van der Waals surface area contributed by atoms with Gasteiger partial charge in [0.05, 0.1) is 10.8 Å². The van der Waals surface area contributed by atoms with Crippen molar-refractivity contribution in [3.8, 4) is 0 Å². The summed E-state index contributed by atoms with van der Waals surface area (Å²) in [6.45, 7) is 1.63. The highest BCUT2D eigenvalue weighted by atomic mass is 35.5. The van der Waals surface area contributed by atoms with E-state index in [1.807, 2.05) is 11.4 Å². The maximum Gasteiger partial charge on any atom is 0.265 e. The molecule has 7 heteroatoms. The topological polar surface area (TPSA) is 70.2 Å². The number of carbonyl (C=O) groups excluding carboxylic acids is 2. The molecule has 1 aromatic heterocycles. The van der Waals surface area contributed by atoms with Gasteiger partial charge in [-0.1, -0.05) is 6.07 Å². The van der Waals surface area contributed by atoms with Gasteiger partial charge in [0.1, 0.15) is 0 Å². The van der Waals surface area contributed by atoms with E-state index in [0.29, 0.717) is 10.6 Å². The summed E-state index contributed by atoms with van der Waals surface area (Å²) in [5.41, 5.74) is 1.45. The molecule has 1 atom stereocenters. The van der Waals surface area contributed by atoms with Gasteiger partial charge in [-0.15, -0.1) is 23.7 Å². The average Bonchev–Trinajstić information content (AvgIpc) is 3.23. The number of rotatable bonds is 4. The quantitative estimate of drug-likeness (QED) is 0.793. The lowest BCUT2D eigenvalue weighted by Gasteiger charge is -2.10. The third kappa shape index (κ3) is 4.54. The summed E-state index contributed by atoms with van der Waals surface area (Å²) in [4.78, 5) is 24.6. The van der Waals surface area contributed by atoms with Crippen molar-refractivity contribution < 1.29 is 9.59 Å². The van der Waals surface area contributed by atoms with Gasteiger partial charge in [-0.2, -0.15) is 0 Å². The normalized spacial score (nSPS) is 16.4. The molecule has 2 heterocycles. The number of carbonyl (C=O) groups is 2. The van der Waals surface area contributed by atoms with Gasteiger partial charge in [0, 0.05) is 17.9 Å². The molecule has 0 aliphatic carbocycles. The van der Waals surface area contributed by atoms with Gasteiger partial charge in [0.2, 0.25) is 5.91 Å². The summed E-state index contributed by atoms with van der Waals surface area (Å²) in [7, 11) is 0. The molecular formula is C16H18ClN3O2S. The van der Waals surface area contributed by atoms with Gasteiger partial charge in [-0.05, 0) is 48.7 Å². The minimum Gasteiger partial charge on any atom is -0.326 e. The fourth-order valence-corrected chi connectivity index (χ4v) is 2.98. The number of thiophene rings is 1. The van der Waals surface area contributed by atoms with Crippen LogP contribution in [0.4, 0.5) is 11.4 Å². The number of hydrogen-bond donors (Lipinski definition) is 3. The van der Waals surface area contributed by atoms with Crippen molar-refractivity contribution in [3.63, 3.8) is 0 Å². The van der Waals surface area contributed by atoms with Crippen LogP contribution < -0.4 is 16.0 Å². The van der Waals surface area contributed by atoms with Crippen molar-refractivity contribution in [2.45, 2.75) is 6.42 Å². The van der Waals surface area contributed by atoms with Crippen molar-refractivity contribution in [1.29, 1.82) is 0 Å². The van der Waals surface area contributed by atoms with E-state index in [4.69, 9.17) is 0 Å². The standard InChI is InChI=1S/C16H17N3O2S.ClH/c20-15(11-7-8-17-10-11)18-12-3-5-13(6-4-12)19-16(21)14-2-1-9-22-14;/h1-6,9,11,17H,7-8,10H2,(H,18,20)(H,19,21);1H. The Balaban J connectivity index is 0.00000192. The van der Waals surface area contributed by atoms with Crippen LogP contribution in [0.2, 0.25) is 0 Å². The molecule has 1 aliphatic rings. The fraction of sp³-hybridized carbons (Fsp3) is 0.250. The Bertz CT molecular complexity index is 652. The SMILES string of the molecule is Cl.O=C(Nc1ccc(NC(=O)C2CCNC2)cc1)c1cccs1. The lowest BCUT2D eigenvalue weighted by atomic mass is 10.1. The minimum absolute atomic E-state index is 0. The maximum absolute atomic E-state index is 12.0. The van der Waals surface area contributed by atoms with Crippen LogP contribution in [0.15, 0.2) is 41.8 Å². The van der Waals surface area contributed by atoms with E-state index in [1.54, 1.807) is 30.3 Å². The molecule has 1 unspecified atom stereocenters. The predicted molar refractivity (Wildman–Crippen MR) is 95.6 cm³/mol. The van der Waals surface area contributed by atoms with Gasteiger partial charge in [-0.3, -0.25) is 9.59 Å². The second-order valence-electron chi connectivity index (χ2n) is 5.19. The van der Waals surface area contributed by atoms with E-state index in [1.165, 1.54) is 11.3 Å². The highest BCUT2D eigenvalue weighted by Crippen LogP contribution is 2.18. The second-order valence-corrected chi connectivity index (χ2v) is 6.14. The van der Waals surface area contributed by atoms with Gasteiger partial charge < -0.3 is 16.0 Å². The molecule has 1 aromatic carbocycles. The Morgan fingerprint density at radius 3 is 2.35 bits per heavy atom. The number of hydrogen-bond acceptors (Lipinski definition) is 4. The zero-order valence-corrected chi connectivity index (χ0v) is 14.0. The molecule has 3 rings (SSSR count). The number of amides is 2. The number of anilines is 2. The van der Waals surface area contributed by atoms with Crippen molar-refractivity contribution in [1.82, 2.24) is 5.32 Å². The Labute approximate surface area is 144 Å². The number of nitrogens with one attached hydrogen (secondary N) is 3. The molecule has 122 valence electrons. The number of halogens is 1. The van der Waals surface area contributed by atoms with E-state index in [-0.39, 0.29) is 30.1 Å². The van der Waals surface area contributed by atoms with Gasteiger partial charge >= 0.3 is 0 Å². The Morgan fingerprint density at radius 1 is 1.09 bits per heavy atom. The predicted octanol–water partition coefficient (Wildman–Crippen LogP) is 2.97. The summed E-state index contributed by atoms with van der Waals surface area (Å²) >= 11 is 1.40. The van der Waals surface area contributed by atoms with E-state index < -0.39 is 0 Å². The monoisotopic (exact) mass is 351 g/mol. The largest absolute Gasteiger partial charge is 0.326 e. The third-order valence-corrected chi connectivity index (χ3v) is 4.46. The van der Waals surface area contributed by atoms with Crippen LogP contribution in [0, 0.1) is 5.92 Å². The van der Waals surface area contributed by atoms with Crippen molar-refractivity contribution in [2.75, 3.05) is 23.7 Å². The summed E-state index contributed by atoms with van der Waals surface area (Å²) < 4.78 is 0. The van der Waals surface area contributed by atoms with Crippen molar-refractivity contribution >= 4 is 46.9 Å². The first-order valence-electron chi connectivity index (χ1n) is 7.19. The molecule has 2 amide bonds. The Hall–Kier alpha value is -1.89. The first-order valence-corrected chi connectivity index (χ1v) is 8.07. The molecule has 1 fully saturated rings. The van der Waals surface area contributed by atoms with E-state index in [9.17, 15) is 9.59 Å². The van der Waals surface area contributed by atoms with Crippen LogP contribution in [-0.4, -0.2) is 24.9 Å². The van der Waals surface area contributed by atoms with Gasteiger partial charge in [0.15, 0.2) is 0 Å². The summed E-state index contributed by atoms with van der Waals surface area (Å²) in [5, 5.41) is 10.8. The molecule has 0 radical (unpaired) electrons. The van der Waals surface area contributed by atoms with Gasteiger partial charge in [0.25, 0.3) is 5.91 Å². The Kier molecular flexibility index (Phi) is 6.15. The first kappa shape index (κ1) is 17.5. The molecule has 1 aliphatic heterocycles. The summed E-state index contributed by atoms with van der Waals surface area (Å²) in [6, 6.07) is 10.8. The molecule has 0 bridgehead atoms. The number of benzene rings is 1. The van der Waals surface area contributed by atoms with Crippen LogP contribution in [-0.2, 0) is 4.79 Å². The van der Waals surface area contributed by atoms with Crippen LogP contribution in [0.5, 0.6) is 0 Å². The van der Waals surface area contributed by atoms with E-state index >= 15 is 0 Å². The van der Waals surface area contributed by atoms with Gasteiger partial charge in [-0.25, -0.2) is 0 Å². The molecule has 23 heavy (non-hydrogen) atoms. The zero-order chi connectivity index (χ0) is 15.4. The molecule has 5 nitrogen and oxygen atoms in total. The highest BCUT2D eigenvalue weighted by molar-refractivity contribution is 7.12. The molecule has 2 aromatic rings. The molecule has 0 spiro atoms. The lowest BCUT2D eigenvalue weighted by Crippen LogP contribution is -2.24. The maximum atomic E-state index is 12.0. The highest BCUT2D eigenvalue weighted by Gasteiger charge is 2.22.